The van der Waals surface area contributed by atoms with Crippen LogP contribution in [0.3, 0.4) is 0 Å². The van der Waals surface area contributed by atoms with Gasteiger partial charge in [0.1, 0.15) is 5.60 Å². The number of aryl methyl sites for hydroxylation is 1. The number of ether oxygens (including phenoxy) is 1. The van der Waals surface area contributed by atoms with E-state index in [4.69, 9.17) is 4.74 Å². The molecule has 1 saturated heterocycles. The van der Waals surface area contributed by atoms with Crippen LogP contribution in [0.2, 0.25) is 0 Å². The Kier molecular flexibility index (Phi) is 3.97. The molecule has 21 heavy (non-hydrogen) atoms. The summed E-state index contributed by atoms with van der Waals surface area (Å²) in [6, 6.07) is 3.11. The van der Waals surface area contributed by atoms with E-state index in [1.54, 1.807) is 4.90 Å². The summed E-state index contributed by atoms with van der Waals surface area (Å²) in [6.07, 6.45) is 3.49. The van der Waals surface area contributed by atoms with Crippen LogP contribution in [0.1, 0.15) is 50.1 Å². The number of hydrogen-bond donors (Lipinski definition) is 1. The van der Waals surface area contributed by atoms with Crippen molar-refractivity contribution in [2.75, 3.05) is 13.1 Å². The van der Waals surface area contributed by atoms with Crippen LogP contribution < -0.4 is 5.32 Å². The van der Waals surface area contributed by atoms with Gasteiger partial charge in [0, 0.05) is 30.1 Å². The second kappa shape index (κ2) is 5.61. The lowest BCUT2D eigenvalue weighted by molar-refractivity contribution is 0.00392. The van der Waals surface area contributed by atoms with E-state index >= 15 is 0 Å². The minimum atomic E-state index is -0.412. The fourth-order valence-corrected chi connectivity index (χ4v) is 3.99. The number of carbonyl (C=O) groups excluding carboxylic acids is 1. The first-order chi connectivity index (χ1) is 9.92. The Morgan fingerprint density at radius 2 is 2.19 bits per heavy atom. The van der Waals surface area contributed by atoms with E-state index in [0.29, 0.717) is 12.1 Å². The molecule has 1 aliphatic carbocycles. The van der Waals surface area contributed by atoms with E-state index in [1.165, 1.54) is 29.7 Å². The molecule has 1 amide bonds. The molecule has 4 nitrogen and oxygen atoms in total. The molecule has 1 aliphatic heterocycles. The van der Waals surface area contributed by atoms with E-state index in [-0.39, 0.29) is 6.09 Å². The van der Waals surface area contributed by atoms with Gasteiger partial charge in [-0.1, -0.05) is 0 Å². The third-order valence-electron chi connectivity index (χ3n) is 4.02. The van der Waals surface area contributed by atoms with E-state index in [2.05, 4.69) is 16.8 Å². The summed E-state index contributed by atoms with van der Waals surface area (Å²) in [5, 5.41) is 5.90. The van der Waals surface area contributed by atoms with Gasteiger partial charge in [-0.2, -0.15) is 0 Å². The smallest absolute Gasteiger partial charge is 0.410 e. The maximum Gasteiger partial charge on any atom is 0.410 e. The van der Waals surface area contributed by atoms with E-state index in [0.717, 1.165) is 13.1 Å². The molecule has 1 unspecified atom stereocenters. The molecule has 1 N–H and O–H groups in total. The lowest BCUT2D eigenvalue weighted by atomic mass is 9.92. The number of fused-ring (bicyclic) bond motifs is 1. The van der Waals surface area contributed by atoms with Crippen molar-refractivity contribution in [2.45, 2.75) is 57.7 Å². The number of likely N-dealkylation sites (tertiary alicyclic amines) is 1. The summed E-state index contributed by atoms with van der Waals surface area (Å²) in [4.78, 5) is 15.2. The van der Waals surface area contributed by atoms with Gasteiger partial charge in [0.15, 0.2) is 0 Å². The molecule has 0 radical (unpaired) electrons. The van der Waals surface area contributed by atoms with Crippen LogP contribution in [0.5, 0.6) is 0 Å². The molecule has 1 fully saturated rings. The van der Waals surface area contributed by atoms with Gasteiger partial charge in [-0.3, -0.25) is 0 Å². The molecule has 3 rings (SSSR count). The van der Waals surface area contributed by atoms with Gasteiger partial charge in [0.2, 0.25) is 0 Å². The molecule has 0 bridgehead atoms. The van der Waals surface area contributed by atoms with Crippen LogP contribution in [0.4, 0.5) is 4.79 Å². The standard InChI is InChI=1S/C16H24N2O2S/c1-16(2,3)20-15(19)18-9-11(10-18)17-13-5-4-6-14-12(13)7-8-21-14/h7-8,11,13,17H,4-6,9-10H2,1-3H3. The number of nitrogens with one attached hydrogen (secondary N) is 1. The molecule has 116 valence electrons. The van der Waals surface area contributed by atoms with Crippen LogP contribution in [0.15, 0.2) is 11.4 Å². The Bertz CT molecular complexity index is 515. The molecule has 0 aromatic carbocycles. The summed E-state index contributed by atoms with van der Waals surface area (Å²) >= 11 is 1.87. The van der Waals surface area contributed by atoms with Crippen LogP contribution in [0, 0.1) is 0 Å². The topological polar surface area (TPSA) is 41.6 Å². The summed E-state index contributed by atoms with van der Waals surface area (Å²) in [7, 11) is 0. The van der Waals surface area contributed by atoms with Crippen molar-refractivity contribution in [3.05, 3.63) is 21.9 Å². The lowest BCUT2D eigenvalue weighted by Crippen LogP contribution is -2.61. The Balaban J connectivity index is 1.49. The highest BCUT2D eigenvalue weighted by molar-refractivity contribution is 7.10. The zero-order chi connectivity index (χ0) is 15.0. The zero-order valence-corrected chi connectivity index (χ0v) is 13.8. The largest absolute Gasteiger partial charge is 0.444 e. The van der Waals surface area contributed by atoms with Gasteiger partial charge in [0.25, 0.3) is 0 Å². The Morgan fingerprint density at radius 1 is 1.43 bits per heavy atom. The van der Waals surface area contributed by atoms with Gasteiger partial charge in [-0.25, -0.2) is 4.79 Å². The Hall–Kier alpha value is -1.07. The van der Waals surface area contributed by atoms with Gasteiger partial charge >= 0.3 is 6.09 Å². The number of rotatable bonds is 2. The Morgan fingerprint density at radius 3 is 2.90 bits per heavy atom. The normalized spacial score (nSPS) is 22.6. The van der Waals surface area contributed by atoms with Gasteiger partial charge in [-0.05, 0) is 57.0 Å². The second-order valence-electron chi connectivity index (χ2n) is 6.99. The van der Waals surface area contributed by atoms with Crippen LogP contribution >= 0.6 is 11.3 Å². The average molecular weight is 308 g/mol. The minimum absolute atomic E-state index is 0.194. The quantitative estimate of drug-likeness (QED) is 0.911. The molecule has 2 heterocycles. The monoisotopic (exact) mass is 308 g/mol. The second-order valence-corrected chi connectivity index (χ2v) is 7.99. The van der Waals surface area contributed by atoms with Crippen LogP contribution in [0.25, 0.3) is 0 Å². The van der Waals surface area contributed by atoms with Crippen molar-refractivity contribution in [3.8, 4) is 0 Å². The van der Waals surface area contributed by atoms with Gasteiger partial charge in [-0.15, -0.1) is 11.3 Å². The summed E-state index contributed by atoms with van der Waals surface area (Å²) in [5.41, 5.74) is 1.06. The number of carbonyl (C=O) groups is 1. The van der Waals surface area contributed by atoms with Crippen molar-refractivity contribution < 1.29 is 9.53 Å². The number of nitrogens with zero attached hydrogens (tertiary/aromatic N) is 1. The molecular weight excluding hydrogens is 284 g/mol. The van der Waals surface area contributed by atoms with E-state index < -0.39 is 5.60 Å². The molecule has 1 atom stereocenters. The van der Waals surface area contributed by atoms with Crippen LogP contribution in [-0.4, -0.2) is 35.7 Å². The first-order valence-electron chi connectivity index (χ1n) is 7.72. The zero-order valence-electron chi connectivity index (χ0n) is 13.0. The molecule has 0 saturated carbocycles. The number of thiophene rings is 1. The third-order valence-corrected chi connectivity index (χ3v) is 5.02. The van der Waals surface area contributed by atoms with E-state index in [1.807, 2.05) is 32.1 Å². The highest BCUT2D eigenvalue weighted by Crippen LogP contribution is 2.34. The Labute approximate surface area is 130 Å². The third kappa shape index (κ3) is 3.40. The SMILES string of the molecule is CC(C)(C)OC(=O)N1CC(NC2CCCc3sccc32)C1. The first-order valence-corrected chi connectivity index (χ1v) is 8.60. The first kappa shape index (κ1) is 14.9. The van der Waals surface area contributed by atoms with Crippen molar-refractivity contribution in [3.63, 3.8) is 0 Å². The van der Waals surface area contributed by atoms with E-state index in [9.17, 15) is 4.79 Å². The summed E-state index contributed by atoms with van der Waals surface area (Å²) < 4.78 is 5.38. The maximum atomic E-state index is 11.9. The fraction of sp³-hybridized carbons (Fsp3) is 0.688. The minimum Gasteiger partial charge on any atom is -0.444 e. The van der Waals surface area contributed by atoms with Gasteiger partial charge in [0.05, 0.1) is 0 Å². The molecule has 1 aromatic rings. The van der Waals surface area contributed by atoms with Crippen molar-refractivity contribution >= 4 is 17.4 Å². The van der Waals surface area contributed by atoms with Crippen molar-refractivity contribution in [1.29, 1.82) is 0 Å². The highest BCUT2D eigenvalue weighted by atomic mass is 32.1. The number of hydrogen-bond acceptors (Lipinski definition) is 4. The molecule has 1 aromatic heterocycles. The molecule has 5 heteroatoms. The predicted octanol–water partition coefficient (Wildman–Crippen LogP) is 3.33. The highest BCUT2D eigenvalue weighted by Gasteiger charge is 2.35. The number of amides is 1. The average Bonchev–Trinajstić information content (AvgIpc) is 2.79. The van der Waals surface area contributed by atoms with Crippen molar-refractivity contribution in [2.24, 2.45) is 0 Å². The van der Waals surface area contributed by atoms with Crippen LogP contribution in [-0.2, 0) is 11.2 Å². The molecular formula is C16H24N2O2S. The fourth-order valence-electron chi connectivity index (χ4n) is 3.00. The van der Waals surface area contributed by atoms with Gasteiger partial charge < -0.3 is 15.0 Å². The maximum absolute atomic E-state index is 11.9. The molecule has 2 aliphatic rings. The predicted molar refractivity (Wildman–Crippen MR) is 84.7 cm³/mol. The lowest BCUT2D eigenvalue weighted by Gasteiger charge is -2.42. The summed E-state index contributed by atoms with van der Waals surface area (Å²) in [6.45, 7) is 7.22. The summed E-state index contributed by atoms with van der Waals surface area (Å²) in [5.74, 6) is 0. The van der Waals surface area contributed by atoms with Crippen molar-refractivity contribution in [1.82, 2.24) is 10.2 Å². The molecule has 0 spiro atoms.